The molecule has 1 aliphatic rings. The number of aromatic nitrogens is 1. The Kier molecular flexibility index (Phi) is 3.84. The van der Waals surface area contributed by atoms with Crippen molar-refractivity contribution in [3.8, 4) is 0 Å². The molecule has 15 heavy (non-hydrogen) atoms. The van der Waals surface area contributed by atoms with E-state index in [4.69, 9.17) is 0 Å². The second-order valence-corrected chi connectivity index (χ2v) is 4.68. The molecule has 0 spiro atoms. The number of hydrogen-bond donors (Lipinski definition) is 1. The first-order valence-corrected chi connectivity index (χ1v) is 6.20. The molecule has 0 radical (unpaired) electrons. The summed E-state index contributed by atoms with van der Waals surface area (Å²) in [5, 5.41) is 3.68. The van der Waals surface area contributed by atoms with Crippen LogP contribution in [0.2, 0.25) is 0 Å². The third-order valence-corrected chi connectivity index (χ3v) is 3.48. The minimum atomic E-state index is 0.752. The maximum Gasteiger partial charge on any atom is 0.0361 e. The molecule has 1 heterocycles. The number of nitrogens with zero attached hydrogens (tertiary/aromatic N) is 1. The lowest BCUT2D eigenvalue weighted by Crippen LogP contribution is -2.28. The lowest BCUT2D eigenvalue weighted by Gasteiger charge is -2.16. The van der Waals surface area contributed by atoms with Crippen LogP contribution in [-0.2, 0) is 13.6 Å². The van der Waals surface area contributed by atoms with Crippen LogP contribution in [0.4, 0.5) is 0 Å². The van der Waals surface area contributed by atoms with Gasteiger partial charge in [0.05, 0.1) is 0 Å². The van der Waals surface area contributed by atoms with Crippen molar-refractivity contribution in [3.05, 3.63) is 24.0 Å². The fourth-order valence-electron chi connectivity index (χ4n) is 2.41. The molecule has 2 heteroatoms. The zero-order chi connectivity index (χ0) is 10.5. The normalized spacial score (nSPS) is 19.0. The quantitative estimate of drug-likeness (QED) is 0.752. The third kappa shape index (κ3) is 3.10. The monoisotopic (exact) mass is 206 g/mol. The molecule has 1 aliphatic carbocycles. The zero-order valence-electron chi connectivity index (χ0n) is 9.71. The van der Waals surface area contributed by atoms with Gasteiger partial charge in [-0.1, -0.05) is 25.7 Å². The molecule has 1 saturated carbocycles. The molecule has 1 aromatic heterocycles. The van der Waals surface area contributed by atoms with Crippen molar-refractivity contribution in [1.29, 1.82) is 0 Å². The summed E-state index contributed by atoms with van der Waals surface area (Å²) in [5.41, 5.74) is 1.39. The van der Waals surface area contributed by atoms with Crippen LogP contribution in [0.25, 0.3) is 0 Å². The van der Waals surface area contributed by atoms with E-state index in [1.54, 1.807) is 0 Å². The minimum Gasteiger partial charge on any atom is -0.353 e. The Labute approximate surface area is 92.7 Å². The van der Waals surface area contributed by atoms with Gasteiger partial charge in [0, 0.05) is 31.5 Å². The predicted octanol–water partition coefficient (Wildman–Crippen LogP) is 2.84. The maximum atomic E-state index is 3.68. The van der Waals surface area contributed by atoms with Crippen molar-refractivity contribution >= 4 is 0 Å². The van der Waals surface area contributed by atoms with Crippen molar-refractivity contribution in [3.63, 3.8) is 0 Å². The van der Waals surface area contributed by atoms with Gasteiger partial charge in [0.1, 0.15) is 0 Å². The first-order chi connectivity index (χ1) is 7.36. The lowest BCUT2D eigenvalue weighted by atomic mass is 10.1. The van der Waals surface area contributed by atoms with Gasteiger partial charge in [-0.15, -0.1) is 0 Å². The second-order valence-electron chi connectivity index (χ2n) is 4.68. The number of hydrogen-bond acceptors (Lipinski definition) is 1. The number of rotatable bonds is 3. The van der Waals surface area contributed by atoms with Gasteiger partial charge in [0.25, 0.3) is 0 Å². The van der Waals surface area contributed by atoms with E-state index >= 15 is 0 Å². The first kappa shape index (κ1) is 10.7. The SMILES string of the molecule is Cn1cccc1CNC1CCCCCC1. The van der Waals surface area contributed by atoms with E-state index in [1.165, 1.54) is 44.2 Å². The van der Waals surface area contributed by atoms with E-state index in [0.717, 1.165) is 12.6 Å². The average Bonchev–Trinajstić information content (AvgIpc) is 2.53. The molecule has 1 N–H and O–H groups in total. The Morgan fingerprint density at radius 3 is 2.60 bits per heavy atom. The molecule has 0 saturated heterocycles. The third-order valence-electron chi connectivity index (χ3n) is 3.48. The fourth-order valence-corrected chi connectivity index (χ4v) is 2.41. The van der Waals surface area contributed by atoms with Crippen molar-refractivity contribution in [2.45, 2.75) is 51.1 Å². The highest BCUT2D eigenvalue weighted by atomic mass is 15.0. The Bertz CT molecular complexity index is 282. The van der Waals surface area contributed by atoms with E-state index in [1.807, 2.05) is 0 Å². The van der Waals surface area contributed by atoms with Crippen LogP contribution in [-0.4, -0.2) is 10.6 Å². The van der Waals surface area contributed by atoms with Crippen LogP contribution >= 0.6 is 0 Å². The molecule has 0 amide bonds. The Balaban J connectivity index is 1.79. The first-order valence-electron chi connectivity index (χ1n) is 6.20. The summed E-state index contributed by atoms with van der Waals surface area (Å²) in [7, 11) is 2.12. The van der Waals surface area contributed by atoms with E-state index in [2.05, 4.69) is 35.3 Å². The van der Waals surface area contributed by atoms with Crippen molar-refractivity contribution in [1.82, 2.24) is 9.88 Å². The van der Waals surface area contributed by atoms with Gasteiger partial charge in [-0.05, 0) is 25.0 Å². The zero-order valence-corrected chi connectivity index (χ0v) is 9.71. The average molecular weight is 206 g/mol. The summed E-state index contributed by atoms with van der Waals surface area (Å²) >= 11 is 0. The topological polar surface area (TPSA) is 17.0 Å². The summed E-state index contributed by atoms with van der Waals surface area (Å²) in [6, 6.07) is 5.07. The summed E-state index contributed by atoms with van der Waals surface area (Å²) in [6.07, 6.45) is 10.5. The molecule has 0 unspecified atom stereocenters. The molecule has 0 atom stereocenters. The van der Waals surface area contributed by atoms with Gasteiger partial charge in [-0.2, -0.15) is 0 Å². The molecule has 2 rings (SSSR count). The van der Waals surface area contributed by atoms with Crippen molar-refractivity contribution in [2.24, 2.45) is 7.05 Å². The van der Waals surface area contributed by atoms with Gasteiger partial charge < -0.3 is 9.88 Å². The maximum absolute atomic E-state index is 3.68. The number of nitrogens with one attached hydrogen (secondary N) is 1. The Morgan fingerprint density at radius 1 is 1.27 bits per heavy atom. The molecule has 0 bridgehead atoms. The molecule has 1 fully saturated rings. The van der Waals surface area contributed by atoms with Gasteiger partial charge >= 0.3 is 0 Å². The molecule has 0 aliphatic heterocycles. The summed E-state index contributed by atoms with van der Waals surface area (Å²) in [5.74, 6) is 0. The van der Waals surface area contributed by atoms with Crippen molar-refractivity contribution < 1.29 is 0 Å². The Hall–Kier alpha value is -0.760. The largest absolute Gasteiger partial charge is 0.353 e. The van der Waals surface area contributed by atoms with Crippen LogP contribution in [0, 0.1) is 0 Å². The second kappa shape index (κ2) is 5.36. The lowest BCUT2D eigenvalue weighted by molar-refractivity contribution is 0.453. The molecular weight excluding hydrogens is 184 g/mol. The van der Waals surface area contributed by atoms with Gasteiger partial charge in [0.15, 0.2) is 0 Å². The van der Waals surface area contributed by atoms with Crippen LogP contribution in [0.15, 0.2) is 18.3 Å². The van der Waals surface area contributed by atoms with E-state index in [9.17, 15) is 0 Å². The highest BCUT2D eigenvalue weighted by Crippen LogP contribution is 2.17. The molecule has 0 aromatic carbocycles. The van der Waals surface area contributed by atoms with Crippen LogP contribution in [0.1, 0.15) is 44.2 Å². The van der Waals surface area contributed by atoms with Gasteiger partial charge in [-0.3, -0.25) is 0 Å². The van der Waals surface area contributed by atoms with Gasteiger partial charge in [-0.25, -0.2) is 0 Å². The molecule has 84 valence electrons. The summed E-state index contributed by atoms with van der Waals surface area (Å²) in [6.45, 7) is 1.02. The van der Waals surface area contributed by atoms with Crippen LogP contribution < -0.4 is 5.32 Å². The summed E-state index contributed by atoms with van der Waals surface area (Å²) in [4.78, 5) is 0. The fraction of sp³-hybridized carbons (Fsp3) is 0.692. The highest BCUT2D eigenvalue weighted by Gasteiger charge is 2.11. The number of aryl methyl sites for hydroxylation is 1. The minimum absolute atomic E-state index is 0.752. The van der Waals surface area contributed by atoms with Crippen molar-refractivity contribution in [2.75, 3.05) is 0 Å². The van der Waals surface area contributed by atoms with Crippen LogP contribution in [0.5, 0.6) is 0 Å². The summed E-state index contributed by atoms with van der Waals surface area (Å²) < 4.78 is 2.20. The molecular formula is C13H22N2. The molecule has 2 nitrogen and oxygen atoms in total. The highest BCUT2D eigenvalue weighted by molar-refractivity contribution is 5.06. The van der Waals surface area contributed by atoms with Gasteiger partial charge in [0.2, 0.25) is 0 Å². The predicted molar refractivity (Wildman–Crippen MR) is 63.7 cm³/mol. The smallest absolute Gasteiger partial charge is 0.0361 e. The van der Waals surface area contributed by atoms with E-state index < -0.39 is 0 Å². The van der Waals surface area contributed by atoms with Crippen LogP contribution in [0.3, 0.4) is 0 Å². The molecule has 1 aromatic rings. The van der Waals surface area contributed by atoms with E-state index in [-0.39, 0.29) is 0 Å². The van der Waals surface area contributed by atoms with E-state index in [0.29, 0.717) is 0 Å². The standard InChI is InChI=1S/C13H22N2/c1-15-10-6-9-13(15)11-14-12-7-4-2-3-5-8-12/h6,9-10,12,14H,2-5,7-8,11H2,1H3. The Morgan fingerprint density at radius 2 is 2.00 bits per heavy atom.